The van der Waals surface area contributed by atoms with Gasteiger partial charge in [0.15, 0.2) is 5.03 Å². The fourth-order valence-corrected chi connectivity index (χ4v) is 3.94. The monoisotopic (exact) mass is 258 g/mol. The van der Waals surface area contributed by atoms with Gasteiger partial charge in [0.05, 0.1) is 12.5 Å². The Kier molecular flexibility index (Phi) is 3.50. The Morgan fingerprint density at radius 1 is 1.59 bits per heavy atom. The number of hydrogen-bond donors (Lipinski definition) is 2. The minimum absolute atomic E-state index is 0.114. The third-order valence-electron chi connectivity index (χ3n) is 3.16. The van der Waals surface area contributed by atoms with Crippen LogP contribution in [0.25, 0.3) is 0 Å². The number of hydrogen-bond acceptors (Lipinski definition) is 4. The van der Waals surface area contributed by atoms with E-state index in [1.807, 2.05) is 6.92 Å². The molecule has 96 valence electrons. The summed E-state index contributed by atoms with van der Waals surface area (Å²) in [5.74, 6) is 0. The van der Waals surface area contributed by atoms with Crippen LogP contribution in [0.4, 0.5) is 0 Å². The lowest BCUT2D eigenvalue weighted by Gasteiger charge is -2.36. The van der Waals surface area contributed by atoms with Crippen LogP contribution in [0, 0.1) is 0 Å². The number of nitrogens with two attached hydrogens (primary N) is 1. The molecule has 0 unspecified atom stereocenters. The van der Waals surface area contributed by atoms with Crippen LogP contribution in [-0.2, 0) is 10.0 Å². The van der Waals surface area contributed by atoms with Crippen molar-refractivity contribution in [3.8, 4) is 0 Å². The molecule has 1 saturated heterocycles. The summed E-state index contributed by atoms with van der Waals surface area (Å²) in [7, 11) is -3.48. The zero-order valence-corrected chi connectivity index (χ0v) is 10.7. The average molecular weight is 258 g/mol. The van der Waals surface area contributed by atoms with Gasteiger partial charge in [-0.25, -0.2) is 13.4 Å². The normalized spacial score (nSPS) is 24.7. The Labute approximate surface area is 101 Å². The number of aromatic nitrogens is 2. The van der Waals surface area contributed by atoms with E-state index in [-0.39, 0.29) is 17.1 Å². The van der Waals surface area contributed by atoms with Crippen molar-refractivity contribution in [1.82, 2.24) is 14.3 Å². The van der Waals surface area contributed by atoms with Crippen molar-refractivity contribution in [1.29, 1.82) is 0 Å². The van der Waals surface area contributed by atoms with Crippen LogP contribution < -0.4 is 5.73 Å². The van der Waals surface area contributed by atoms with Crippen molar-refractivity contribution in [2.75, 3.05) is 6.54 Å². The highest BCUT2D eigenvalue weighted by Gasteiger charge is 2.35. The third-order valence-corrected chi connectivity index (χ3v) is 5.01. The Morgan fingerprint density at radius 3 is 2.94 bits per heavy atom. The van der Waals surface area contributed by atoms with E-state index in [0.29, 0.717) is 6.54 Å². The lowest BCUT2D eigenvalue weighted by Crippen LogP contribution is -2.51. The van der Waals surface area contributed by atoms with Crippen LogP contribution in [0.1, 0.15) is 26.2 Å². The first-order valence-electron chi connectivity index (χ1n) is 5.79. The molecule has 0 aliphatic carbocycles. The lowest BCUT2D eigenvalue weighted by atomic mass is 10.00. The Bertz CT molecular complexity index is 455. The molecular formula is C10H18N4O2S. The molecule has 0 radical (unpaired) electrons. The second-order valence-corrected chi connectivity index (χ2v) is 6.31. The number of H-pyrrole nitrogens is 1. The predicted octanol–water partition coefficient (Wildman–Crippen LogP) is 0.300. The molecule has 1 aliphatic rings. The van der Waals surface area contributed by atoms with Crippen LogP contribution in [-0.4, -0.2) is 41.3 Å². The minimum Gasteiger partial charge on any atom is -0.335 e. The van der Waals surface area contributed by atoms with Gasteiger partial charge < -0.3 is 10.7 Å². The van der Waals surface area contributed by atoms with Crippen LogP contribution in [0.5, 0.6) is 0 Å². The molecule has 2 heterocycles. The van der Waals surface area contributed by atoms with Gasteiger partial charge in [-0.2, -0.15) is 4.31 Å². The molecule has 1 aliphatic heterocycles. The van der Waals surface area contributed by atoms with Gasteiger partial charge in [0, 0.05) is 18.6 Å². The average Bonchev–Trinajstić information content (AvgIpc) is 2.83. The van der Waals surface area contributed by atoms with Gasteiger partial charge in [-0.05, 0) is 19.8 Å². The Morgan fingerprint density at radius 2 is 2.35 bits per heavy atom. The largest absolute Gasteiger partial charge is 0.335 e. The molecule has 0 amide bonds. The number of nitrogens with zero attached hydrogens (tertiary/aromatic N) is 2. The van der Waals surface area contributed by atoms with Crippen LogP contribution in [0.2, 0.25) is 0 Å². The van der Waals surface area contributed by atoms with Crippen molar-refractivity contribution >= 4 is 10.0 Å². The van der Waals surface area contributed by atoms with Crippen LogP contribution in [0.3, 0.4) is 0 Å². The van der Waals surface area contributed by atoms with Crippen molar-refractivity contribution in [2.24, 2.45) is 5.73 Å². The Balaban J connectivity index is 2.31. The van der Waals surface area contributed by atoms with Gasteiger partial charge in [-0.3, -0.25) is 0 Å². The number of rotatable bonds is 3. The van der Waals surface area contributed by atoms with E-state index in [1.54, 1.807) is 0 Å². The van der Waals surface area contributed by atoms with Crippen molar-refractivity contribution in [2.45, 2.75) is 43.3 Å². The number of nitrogens with one attached hydrogen (secondary N) is 1. The molecule has 3 N–H and O–H groups in total. The topological polar surface area (TPSA) is 92.1 Å². The summed E-state index contributed by atoms with van der Waals surface area (Å²) in [5, 5.41) is 0.144. The SMILES string of the molecule is C[C@H](N)[C@H]1CCCCN1S(=O)(=O)c1cnc[nH]1. The van der Waals surface area contributed by atoms with Crippen LogP contribution >= 0.6 is 0 Å². The molecule has 6 nitrogen and oxygen atoms in total. The molecule has 2 rings (SSSR count). The minimum atomic E-state index is -3.48. The second-order valence-electron chi connectivity index (χ2n) is 4.45. The zero-order valence-electron chi connectivity index (χ0n) is 9.83. The summed E-state index contributed by atoms with van der Waals surface area (Å²) in [4.78, 5) is 6.41. The van der Waals surface area contributed by atoms with Crippen molar-refractivity contribution < 1.29 is 8.42 Å². The zero-order chi connectivity index (χ0) is 12.5. The van der Waals surface area contributed by atoms with Gasteiger partial charge in [0.25, 0.3) is 10.0 Å². The molecular weight excluding hydrogens is 240 g/mol. The smallest absolute Gasteiger partial charge is 0.260 e. The van der Waals surface area contributed by atoms with E-state index in [0.717, 1.165) is 19.3 Å². The van der Waals surface area contributed by atoms with Gasteiger partial charge in [-0.15, -0.1) is 0 Å². The maximum absolute atomic E-state index is 12.4. The molecule has 17 heavy (non-hydrogen) atoms. The number of piperidine rings is 1. The highest BCUT2D eigenvalue weighted by atomic mass is 32.2. The molecule has 0 saturated carbocycles. The van der Waals surface area contributed by atoms with Crippen molar-refractivity contribution in [3.05, 3.63) is 12.5 Å². The highest BCUT2D eigenvalue weighted by molar-refractivity contribution is 7.89. The number of aromatic amines is 1. The first-order chi connectivity index (χ1) is 8.03. The summed E-state index contributed by atoms with van der Waals surface area (Å²) >= 11 is 0. The second kappa shape index (κ2) is 4.75. The molecule has 0 bridgehead atoms. The Hall–Kier alpha value is -0.920. The first kappa shape index (κ1) is 12.5. The highest BCUT2D eigenvalue weighted by Crippen LogP contribution is 2.25. The molecule has 0 aromatic carbocycles. The van der Waals surface area contributed by atoms with E-state index in [2.05, 4.69) is 9.97 Å². The molecule has 1 aromatic heterocycles. The summed E-state index contributed by atoms with van der Waals surface area (Å²) in [5.41, 5.74) is 5.88. The van der Waals surface area contributed by atoms with E-state index in [9.17, 15) is 8.42 Å². The quantitative estimate of drug-likeness (QED) is 0.815. The molecule has 1 fully saturated rings. The number of sulfonamides is 1. The van der Waals surface area contributed by atoms with E-state index in [4.69, 9.17) is 5.73 Å². The lowest BCUT2D eigenvalue weighted by molar-refractivity contribution is 0.227. The molecule has 1 aromatic rings. The summed E-state index contributed by atoms with van der Waals surface area (Å²) in [6.07, 6.45) is 5.45. The first-order valence-corrected chi connectivity index (χ1v) is 7.23. The van der Waals surface area contributed by atoms with Gasteiger partial charge in [0.1, 0.15) is 0 Å². The fourth-order valence-electron chi connectivity index (χ4n) is 2.27. The third kappa shape index (κ3) is 2.36. The molecule has 2 atom stereocenters. The van der Waals surface area contributed by atoms with Crippen molar-refractivity contribution in [3.63, 3.8) is 0 Å². The maximum atomic E-state index is 12.4. The molecule has 7 heteroatoms. The maximum Gasteiger partial charge on any atom is 0.260 e. The van der Waals surface area contributed by atoms with Gasteiger partial charge in [0.2, 0.25) is 0 Å². The fraction of sp³-hybridized carbons (Fsp3) is 0.700. The number of imidazole rings is 1. The van der Waals surface area contributed by atoms with Gasteiger partial charge in [-0.1, -0.05) is 6.42 Å². The van der Waals surface area contributed by atoms with Crippen LogP contribution in [0.15, 0.2) is 17.6 Å². The summed E-state index contributed by atoms with van der Waals surface area (Å²) < 4.78 is 26.2. The van der Waals surface area contributed by atoms with E-state index >= 15 is 0 Å². The predicted molar refractivity (Wildman–Crippen MR) is 63.8 cm³/mol. The van der Waals surface area contributed by atoms with Gasteiger partial charge >= 0.3 is 0 Å². The van der Waals surface area contributed by atoms with E-state index in [1.165, 1.54) is 16.8 Å². The van der Waals surface area contributed by atoms with E-state index < -0.39 is 10.0 Å². The summed E-state index contributed by atoms with van der Waals surface area (Å²) in [6, 6.07) is -0.273. The summed E-state index contributed by atoms with van der Waals surface area (Å²) in [6.45, 7) is 2.39. The standard InChI is InChI=1S/C10H18N4O2S/c1-8(11)9-4-2-3-5-14(9)17(15,16)10-6-12-7-13-10/h6-9H,2-5,11H2,1H3,(H,12,13)/t8-,9+/m0/s1. The molecule has 0 spiro atoms.